The van der Waals surface area contributed by atoms with Gasteiger partial charge in [-0.25, -0.2) is 0 Å². The van der Waals surface area contributed by atoms with Gasteiger partial charge in [0.25, 0.3) is 0 Å². The monoisotopic (exact) mass is 483 g/mol. The van der Waals surface area contributed by atoms with Crippen molar-refractivity contribution in [1.29, 1.82) is 0 Å². The Bertz CT molecular complexity index is 588. The highest BCUT2D eigenvalue weighted by Gasteiger charge is 2.19. The zero-order valence-corrected chi connectivity index (χ0v) is 17.8. The summed E-state index contributed by atoms with van der Waals surface area (Å²) in [6.07, 6.45) is 3.10. The second-order valence-corrected chi connectivity index (χ2v) is 6.28. The normalized spacial score (nSPS) is 17.7. The molecule has 0 radical (unpaired) electrons. The first-order chi connectivity index (χ1) is 12.0. The van der Waals surface area contributed by atoms with Gasteiger partial charge in [0.1, 0.15) is 0 Å². The number of guanidine groups is 1. The van der Waals surface area contributed by atoms with Crippen LogP contribution in [-0.2, 0) is 6.42 Å². The maximum absolute atomic E-state index is 12.5. The molecule has 1 aliphatic rings. The van der Waals surface area contributed by atoms with Crippen molar-refractivity contribution in [3.05, 3.63) is 23.8 Å². The van der Waals surface area contributed by atoms with Crippen molar-refractivity contribution in [2.45, 2.75) is 32.8 Å². The van der Waals surface area contributed by atoms with Gasteiger partial charge in [0, 0.05) is 26.7 Å². The van der Waals surface area contributed by atoms with Crippen LogP contribution in [0.25, 0.3) is 0 Å². The number of benzene rings is 1. The van der Waals surface area contributed by atoms with Gasteiger partial charge in [-0.15, -0.1) is 24.0 Å². The topological polar surface area (TPSA) is 46.1 Å². The minimum atomic E-state index is -2.87. The summed E-state index contributed by atoms with van der Waals surface area (Å²) < 4.78 is 34.6. The zero-order chi connectivity index (χ0) is 18.2. The molecule has 0 amide bonds. The molecule has 0 bridgehead atoms. The van der Waals surface area contributed by atoms with Crippen LogP contribution >= 0.6 is 24.0 Å². The molecule has 1 aromatic rings. The van der Waals surface area contributed by atoms with Crippen LogP contribution in [0.1, 0.15) is 25.3 Å². The molecule has 148 valence electrons. The second kappa shape index (κ2) is 11.4. The van der Waals surface area contributed by atoms with E-state index in [2.05, 4.69) is 26.9 Å². The molecular formula is C18H28F2IN3O2. The molecule has 1 N–H and O–H groups in total. The summed E-state index contributed by atoms with van der Waals surface area (Å²) in [6, 6.07) is 5.09. The smallest absolute Gasteiger partial charge is 0.387 e. The third-order valence-electron chi connectivity index (χ3n) is 4.31. The van der Waals surface area contributed by atoms with E-state index in [1.807, 2.05) is 6.07 Å². The number of aliphatic imine (C=N–C) groups is 1. The second-order valence-electron chi connectivity index (χ2n) is 6.28. The summed E-state index contributed by atoms with van der Waals surface area (Å²) in [5, 5.41) is 3.35. The Labute approximate surface area is 171 Å². The van der Waals surface area contributed by atoms with E-state index < -0.39 is 6.61 Å². The average molecular weight is 483 g/mol. The first kappa shape index (κ1) is 22.7. The standard InChI is InChI=1S/C18H27F2N3O2.HI/c1-13-5-4-10-23(12-13)18(21-2)22-9-8-14-6-7-15(24-3)16(11-14)25-17(19)20;/h6-7,11,13,17H,4-5,8-10,12H2,1-3H3,(H,21,22);1H. The Hall–Kier alpha value is -1.32. The minimum absolute atomic E-state index is 0. The van der Waals surface area contributed by atoms with Crippen LogP contribution < -0.4 is 14.8 Å². The number of nitrogens with one attached hydrogen (secondary N) is 1. The SMILES string of the molecule is CN=C(NCCc1ccc(OC)c(OC(F)F)c1)N1CCCC(C)C1.I. The van der Waals surface area contributed by atoms with Crippen molar-refractivity contribution in [3.8, 4) is 11.5 Å². The van der Waals surface area contributed by atoms with Crippen LogP contribution in [0, 0.1) is 5.92 Å². The van der Waals surface area contributed by atoms with Crippen LogP contribution in [0.3, 0.4) is 0 Å². The fourth-order valence-electron chi connectivity index (χ4n) is 3.10. The number of hydrogen-bond acceptors (Lipinski definition) is 3. The van der Waals surface area contributed by atoms with Crippen LogP contribution in [0.2, 0.25) is 0 Å². The van der Waals surface area contributed by atoms with Crippen molar-refractivity contribution < 1.29 is 18.3 Å². The van der Waals surface area contributed by atoms with Gasteiger partial charge in [0.15, 0.2) is 17.5 Å². The van der Waals surface area contributed by atoms with Gasteiger partial charge in [-0.3, -0.25) is 4.99 Å². The molecule has 8 heteroatoms. The highest BCUT2D eigenvalue weighted by atomic mass is 127. The summed E-state index contributed by atoms with van der Waals surface area (Å²) in [7, 11) is 3.21. The van der Waals surface area contributed by atoms with Gasteiger partial charge < -0.3 is 19.7 Å². The molecule has 0 aromatic heterocycles. The number of halogens is 3. The highest BCUT2D eigenvalue weighted by molar-refractivity contribution is 14.0. The van der Waals surface area contributed by atoms with Gasteiger partial charge in [-0.1, -0.05) is 13.0 Å². The molecule has 0 saturated carbocycles. The molecular weight excluding hydrogens is 455 g/mol. The zero-order valence-electron chi connectivity index (χ0n) is 15.5. The van der Waals surface area contributed by atoms with Gasteiger partial charge in [0.2, 0.25) is 0 Å². The van der Waals surface area contributed by atoms with E-state index in [0.29, 0.717) is 24.6 Å². The fraction of sp³-hybridized carbons (Fsp3) is 0.611. The van der Waals surface area contributed by atoms with Gasteiger partial charge in [-0.05, 0) is 42.9 Å². The van der Waals surface area contributed by atoms with Gasteiger partial charge in [-0.2, -0.15) is 8.78 Å². The fourth-order valence-corrected chi connectivity index (χ4v) is 3.10. The van der Waals surface area contributed by atoms with Crippen molar-refractivity contribution in [2.75, 3.05) is 33.8 Å². The highest BCUT2D eigenvalue weighted by Crippen LogP contribution is 2.29. The number of methoxy groups -OCH3 is 1. The van der Waals surface area contributed by atoms with E-state index in [1.165, 1.54) is 20.0 Å². The van der Waals surface area contributed by atoms with E-state index in [4.69, 9.17) is 4.74 Å². The largest absolute Gasteiger partial charge is 0.493 e. The summed E-state index contributed by atoms with van der Waals surface area (Å²) in [4.78, 5) is 6.62. The molecule has 5 nitrogen and oxygen atoms in total. The van der Waals surface area contributed by atoms with Crippen molar-refractivity contribution in [3.63, 3.8) is 0 Å². The van der Waals surface area contributed by atoms with E-state index in [0.717, 1.165) is 24.6 Å². The lowest BCUT2D eigenvalue weighted by molar-refractivity contribution is -0.0512. The lowest BCUT2D eigenvalue weighted by Gasteiger charge is -2.33. The maximum atomic E-state index is 12.5. The van der Waals surface area contributed by atoms with Crippen molar-refractivity contribution >= 4 is 29.9 Å². The molecule has 2 rings (SSSR count). The minimum Gasteiger partial charge on any atom is -0.493 e. The number of nitrogens with zero attached hydrogens (tertiary/aromatic N) is 2. The Morgan fingerprint density at radius 2 is 2.15 bits per heavy atom. The first-order valence-electron chi connectivity index (χ1n) is 8.60. The average Bonchev–Trinajstić information content (AvgIpc) is 2.58. The number of rotatable bonds is 6. The molecule has 1 atom stereocenters. The van der Waals surface area contributed by atoms with E-state index in [-0.39, 0.29) is 29.7 Å². The molecule has 1 aliphatic heterocycles. The predicted octanol–water partition coefficient (Wildman–Crippen LogP) is 3.76. The quantitative estimate of drug-likeness (QED) is 0.381. The predicted molar refractivity (Wildman–Crippen MR) is 110 cm³/mol. The number of hydrogen-bond donors (Lipinski definition) is 1. The van der Waals surface area contributed by atoms with E-state index >= 15 is 0 Å². The van der Waals surface area contributed by atoms with Crippen LogP contribution in [0.4, 0.5) is 8.78 Å². The molecule has 1 saturated heterocycles. The first-order valence-corrected chi connectivity index (χ1v) is 8.60. The van der Waals surface area contributed by atoms with Crippen LogP contribution in [0.5, 0.6) is 11.5 Å². The molecule has 1 heterocycles. The van der Waals surface area contributed by atoms with E-state index in [9.17, 15) is 8.78 Å². The lowest BCUT2D eigenvalue weighted by atomic mass is 10.0. The lowest BCUT2D eigenvalue weighted by Crippen LogP contribution is -2.46. The molecule has 1 unspecified atom stereocenters. The molecule has 26 heavy (non-hydrogen) atoms. The number of ether oxygens (including phenoxy) is 2. The third kappa shape index (κ3) is 6.77. The van der Waals surface area contributed by atoms with Gasteiger partial charge >= 0.3 is 6.61 Å². The van der Waals surface area contributed by atoms with Crippen LogP contribution in [-0.4, -0.2) is 51.3 Å². The van der Waals surface area contributed by atoms with Crippen molar-refractivity contribution in [1.82, 2.24) is 10.2 Å². The van der Waals surface area contributed by atoms with Crippen LogP contribution in [0.15, 0.2) is 23.2 Å². The molecule has 1 aromatic carbocycles. The summed E-state index contributed by atoms with van der Waals surface area (Å²) in [5.41, 5.74) is 0.895. The molecule has 0 spiro atoms. The number of alkyl halides is 2. The Morgan fingerprint density at radius 1 is 1.38 bits per heavy atom. The molecule has 1 fully saturated rings. The summed E-state index contributed by atoms with van der Waals surface area (Å²) in [5.74, 6) is 1.92. The third-order valence-corrected chi connectivity index (χ3v) is 4.31. The Kier molecular flexibility index (Phi) is 9.97. The number of piperidine rings is 1. The summed E-state index contributed by atoms with van der Waals surface area (Å²) >= 11 is 0. The van der Waals surface area contributed by atoms with E-state index in [1.54, 1.807) is 19.2 Å². The Morgan fingerprint density at radius 3 is 2.77 bits per heavy atom. The maximum Gasteiger partial charge on any atom is 0.387 e. The van der Waals surface area contributed by atoms with Gasteiger partial charge in [0.05, 0.1) is 7.11 Å². The van der Waals surface area contributed by atoms with Crippen molar-refractivity contribution in [2.24, 2.45) is 10.9 Å². The molecule has 0 aliphatic carbocycles. The summed E-state index contributed by atoms with van der Waals surface area (Å²) in [6.45, 7) is 2.06. The Balaban J connectivity index is 0.00000338. The number of likely N-dealkylation sites (tertiary alicyclic amines) is 1.